The zero-order valence-electron chi connectivity index (χ0n) is 9.63. The Bertz CT molecular complexity index is 332. The van der Waals surface area contributed by atoms with Crippen LogP contribution in [0.5, 0.6) is 5.75 Å². The van der Waals surface area contributed by atoms with E-state index in [9.17, 15) is 0 Å². The van der Waals surface area contributed by atoms with E-state index < -0.39 is 0 Å². The SMILES string of the molecule is CC(Oc1cncc(Cl)c1)N1CCCC1.Cl.Cl. The van der Waals surface area contributed by atoms with Crippen molar-refractivity contribution in [3.05, 3.63) is 23.5 Å². The van der Waals surface area contributed by atoms with Crippen LogP contribution in [0.2, 0.25) is 5.02 Å². The molecule has 1 aliphatic rings. The molecule has 0 aromatic carbocycles. The Hall–Kier alpha value is -0.220. The van der Waals surface area contributed by atoms with Crippen LogP contribution in [0.25, 0.3) is 0 Å². The smallest absolute Gasteiger partial charge is 0.149 e. The molecule has 1 saturated heterocycles. The summed E-state index contributed by atoms with van der Waals surface area (Å²) in [7, 11) is 0. The minimum atomic E-state index is 0. The van der Waals surface area contributed by atoms with Crippen molar-refractivity contribution in [2.24, 2.45) is 0 Å². The fourth-order valence-corrected chi connectivity index (χ4v) is 2.00. The quantitative estimate of drug-likeness (QED) is 0.855. The number of rotatable bonds is 3. The lowest BCUT2D eigenvalue weighted by Gasteiger charge is -2.24. The third kappa shape index (κ3) is 4.88. The first-order valence-electron chi connectivity index (χ1n) is 5.27. The maximum absolute atomic E-state index is 5.83. The predicted molar refractivity (Wildman–Crippen MR) is 74.6 cm³/mol. The summed E-state index contributed by atoms with van der Waals surface area (Å²) in [6.45, 7) is 4.30. The van der Waals surface area contributed by atoms with E-state index in [2.05, 4.69) is 16.8 Å². The number of ether oxygens (including phenoxy) is 1. The lowest BCUT2D eigenvalue weighted by atomic mass is 10.4. The van der Waals surface area contributed by atoms with Gasteiger partial charge in [-0.2, -0.15) is 0 Å². The fraction of sp³-hybridized carbons (Fsp3) is 0.545. The fourth-order valence-electron chi connectivity index (χ4n) is 1.83. The van der Waals surface area contributed by atoms with Crippen LogP contribution < -0.4 is 4.74 Å². The molecule has 0 saturated carbocycles. The molecule has 0 N–H and O–H groups in total. The number of hydrogen-bond donors (Lipinski definition) is 0. The van der Waals surface area contributed by atoms with Crippen LogP contribution >= 0.6 is 36.4 Å². The number of pyridine rings is 1. The van der Waals surface area contributed by atoms with E-state index in [0.29, 0.717) is 5.02 Å². The first kappa shape index (κ1) is 16.8. The second-order valence-corrected chi connectivity index (χ2v) is 4.24. The van der Waals surface area contributed by atoms with Crippen molar-refractivity contribution in [3.8, 4) is 5.75 Å². The van der Waals surface area contributed by atoms with E-state index in [1.807, 2.05) is 0 Å². The highest BCUT2D eigenvalue weighted by atomic mass is 35.5. The molecular weight excluding hydrogens is 282 g/mol. The van der Waals surface area contributed by atoms with E-state index in [1.165, 1.54) is 12.8 Å². The second kappa shape index (κ2) is 7.98. The molecule has 1 aliphatic heterocycles. The van der Waals surface area contributed by atoms with Crippen LogP contribution in [-0.2, 0) is 0 Å². The minimum Gasteiger partial charge on any atom is -0.474 e. The van der Waals surface area contributed by atoms with Gasteiger partial charge in [-0.3, -0.25) is 9.88 Å². The first-order valence-corrected chi connectivity index (χ1v) is 5.65. The molecule has 1 aromatic heterocycles. The molecule has 6 heteroatoms. The Morgan fingerprint density at radius 3 is 2.53 bits per heavy atom. The van der Waals surface area contributed by atoms with Crippen molar-refractivity contribution in [3.63, 3.8) is 0 Å². The molecule has 1 fully saturated rings. The highest BCUT2D eigenvalue weighted by Gasteiger charge is 2.19. The maximum Gasteiger partial charge on any atom is 0.149 e. The van der Waals surface area contributed by atoms with Crippen LogP contribution in [-0.4, -0.2) is 29.2 Å². The van der Waals surface area contributed by atoms with Gasteiger partial charge in [0, 0.05) is 25.4 Å². The van der Waals surface area contributed by atoms with E-state index in [-0.39, 0.29) is 31.0 Å². The third-order valence-corrected chi connectivity index (χ3v) is 2.85. The maximum atomic E-state index is 5.83. The highest BCUT2D eigenvalue weighted by Crippen LogP contribution is 2.19. The summed E-state index contributed by atoms with van der Waals surface area (Å²) in [6, 6.07) is 1.79. The van der Waals surface area contributed by atoms with Crippen molar-refractivity contribution < 1.29 is 4.74 Å². The molecule has 98 valence electrons. The molecule has 17 heavy (non-hydrogen) atoms. The normalized spacial score (nSPS) is 16.8. The van der Waals surface area contributed by atoms with Gasteiger partial charge in [-0.15, -0.1) is 24.8 Å². The standard InChI is InChI=1S/C11H15ClN2O.2ClH/c1-9(14-4-2-3-5-14)15-11-6-10(12)7-13-8-11;;/h6-9H,2-5H2,1H3;2*1H. The van der Waals surface area contributed by atoms with Gasteiger partial charge >= 0.3 is 0 Å². The Morgan fingerprint density at radius 1 is 1.29 bits per heavy atom. The molecule has 0 amide bonds. The van der Waals surface area contributed by atoms with E-state index in [4.69, 9.17) is 16.3 Å². The Morgan fingerprint density at radius 2 is 1.94 bits per heavy atom. The van der Waals surface area contributed by atoms with Crippen LogP contribution in [0.15, 0.2) is 18.5 Å². The lowest BCUT2D eigenvalue weighted by Crippen LogP contribution is -2.34. The first-order chi connectivity index (χ1) is 7.25. The summed E-state index contributed by atoms with van der Waals surface area (Å²) in [5.74, 6) is 0.738. The molecular formula is C11H17Cl3N2O. The van der Waals surface area contributed by atoms with Gasteiger partial charge in [0.15, 0.2) is 0 Å². The van der Waals surface area contributed by atoms with Gasteiger partial charge in [0.05, 0.1) is 11.2 Å². The van der Waals surface area contributed by atoms with Crippen LogP contribution in [0.1, 0.15) is 19.8 Å². The summed E-state index contributed by atoms with van der Waals surface area (Å²) < 4.78 is 5.76. The zero-order chi connectivity index (χ0) is 10.7. The van der Waals surface area contributed by atoms with Gasteiger partial charge in [0.1, 0.15) is 12.0 Å². The van der Waals surface area contributed by atoms with Gasteiger partial charge in [0.25, 0.3) is 0 Å². The van der Waals surface area contributed by atoms with Gasteiger partial charge in [-0.25, -0.2) is 0 Å². The van der Waals surface area contributed by atoms with Crippen molar-refractivity contribution >= 4 is 36.4 Å². The van der Waals surface area contributed by atoms with Crippen molar-refractivity contribution in [2.75, 3.05) is 13.1 Å². The number of hydrogen-bond acceptors (Lipinski definition) is 3. The van der Waals surface area contributed by atoms with E-state index in [0.717, 1.165) is 18.8 Å². The summed E-state index contributed by atoms with van der Waals surface area (Å²) in [5.41, 5.74) is 0. The minimum absolute atomic E-state index is 0. The molecule has 0 aliphatic carbocycles. The highest BCUT2D eigenvalue weighted by molar-refractivity contribution is 6.30. The Kier molecular flexibility index (Phi) is 7.88. The van der Waals surface area contributed by atoms with Crippen molar-refractivity contribution in [2.45, 2.75) is 26.0 Å². The molecule has 1 atom stereocenters. The zero-order valence-corrected chi connectivity index (χ0v) is 12.0. The molecule has 0 spiro atoms. The second-order valence-electron chi connectivity index (χ2n) is 3.80. The monoisotopic (exact) mass is 298 g/mol. The van der Waals surface area contributed by atoms with Gasteiger partial charge < -0.3 is 4.74 Å². The number of aromatic nitrogens is 1. The van der Waals surface area contributed by atoms with Crippen LogP contribution in [0.3, 0.4) is 0 Å². The number of likely N-dealkylation sites (tertiary alicyclic amines) is 1. The van der Waals surface area contributed by atoms with Gasteiger partial charge in [0.2, 0.25) is 0 Å². The molecule has 1 unspecified atom stereocenters. The van der Waals surface area contributed by atoms with Crippen LogP contribution in [0, 0.1) is 0 Å². The molecule has 3 nitrogen and oxygen atoms in total. The average Bonchev–Trinajstić information content (AvgIpc) is 2.70. The molecule has 2 heterocycles. The van der Waals surface area contributed by atoms with Gasteiger partial charge in [-0.1, -0.05) is 11.6 Å². The van der Waals surface area contributed by atoms with E-state index in [1.54, 1.807) is 18.5 Å². The largest absolute Gasteiger partial charge is 0.474 e. The van der Waals surface area contributed by atoms with Crippen molar-refractivity contribution in [1.29, 1.82) is 0 Å². The molecule has 2 rings (SSSR count). The van der Waals surface area contributed by atoms with Crippen LogP contribution in [0.4, 0.5) is 0 Å². The Balaban J connectivity index is 0.00000128. The van der Waals surface area contributed by atoms with E-state index >= 15 is 0 Å². The third-order valence-electron chi connectivity index (χ3n) is 2.64. The van der Waals surface area contributed by atoms with Crippen molar-refractivity contribution in [1.82, 2.24) is 9.88 Å². The Labute approximate surface area is 119 Å². The summed E-state index contributed by atoms with van der Waals surface area (Å²) in [4.78, 5) is 6.31. The molecule has 0 radical (unpaired) electrons. The number of nitrogens with zero attached hydrogens (tertiary/aromatic N) is 2. The molecule has 0 bridgehead atoms. The topological polar surface area (TPSA) is 25.4 Å². The lowest BCUT2D eigenvalue weighted by molar-refractivity contribution is 0.0589. The average molecular weight is 300 g/mol. The summed E-state index contributed by atoms with van der Waals surface area (Å²) in [6.07, 6.45) is 5.93. The summed E-state index contributed by atoms with van der Waals surface area (Å²) in [5, 5.41) is 0.612. The van der Waals surface area contributed by atoms with Gasteiger partial charge in [-0.05, 0) is 19.8 Å². The number of halogens is 3. The summed E-state index contributed by atoms with van der Waals surface area (Å²) >= 11 is 5.83. The molecule has 1 aromatic rings. The predicted octanol–water partition coefficient (Wildman–Crippen LogP) is 3.40.